The van der Waals surface area contributed by atoms with Crippen LogP contribution in [-0.4, -0.2) is 48.6 Å². The molecule has 80 valence electrons. The maximum Gasteiger partial charge on any atom is 2.00 e. The fourth-order valence-electron chi connectivity index (χ4n) is 0.254. The third-order valence-corrected chi connectivity index (χ3v) is 0.638. The molecule has 0 amide bonds. The van der Waals surface area contributed by atoms with Crippen LogP contribution >= 0.6 is 0 Å². The van der Waals surface area contributed by atoms with Crippen molar-refractivity contribution < 1.29 is 29.3 Å². The summed E-state index contributed by atoms with van der Waals surface area (Å²) in [5.41, 5.74) is 0. The van der Waals surface area contributed by atoms with E-state index in [9.17, 15) is 19.8 Å². The average Bonchev–Trinajstić information content (AvgIpc) is 2.12. The Morgan fingerprint density at radius 3 is 1.33 bits per heavy atom. The van der Waals surface area contributed by atoms with Crippen LogP contribution in [0.15, 0.2) is 25.3 Å². The van der Waals surface area contributed by atoms with Gasteiger partial charge in [-0.2, -0.15) is 0 Å². The van der Waals surface area contributed by atoms with Gasteiger partial charge in [-0.1, -0.05) is 12.2 Å². The van der Waals surface area contributed by atoms with Crippen molar-refractivity contribution in [2.75, 3.05) is 13.2 Å². The summed E-state index contributed by atoms with van der Waals surface area (Å²) < 4.78 is 7.76. The van der Waals surface area contributed by atoms with Gasteiger partial charge < -0.3 is 29.3 Å². The van der Waals surface area contributed by atoms with Gasteiger partial charge >= 0.3 is 23.1 Å². The van der Waals surface area contributed by atoms with E-state index in [0.717, 1.165) is 0 Å². The van der Waals surface area contributed by atoms with Crippen LogP contribution in [0.2, 0.25) is 0 Å². The zero-order valence-corrected chi connectivity index (χ0v) is 9.55. The predicted octanol–water partition coefficient (Wildman–Crippen LogP) is -1.32. The van der Waals surface area contributed by atoms with Crippen molar-refractivity contribution in [2.45, 2.75) is 0 Å². The Kier molecular flexibility index (Phi) is 19.7. The van der Waals surface area contributed by atoms with Crippen LogP contribution in [0, 0.1) is 0 Å². The van der Waals surface area contributed by atoms with Crippen LogP contribution < -0.4 is 10.2 Å². The van der Waals surface area contributed by atoms with Crippen molar-refractivity contribution in [1.82, 2.24) is 0 Å². The zero-order chi connectivity index (χ0) is 11.4. The first-order valence-electron chi connectivity index (χ1n) is 3.44. The van der Waals surface area contributed by atoms with E-state index in [-0.39, 0.29) is 36.3 Å². The first-order valence-corrected chi connectivity index (χ1v) is 3.44. The van der Waals surface area contributed by atoms with Gasteiger partial charge in [-0.15, -0.1) is 13.2 Å². The average molecular weight is 226 g/mol. The predicted molar refractivity (Wildman–Crippen MR) is 48.8 cm³/mol. The summed E-state index contributed by atoms with van der Waals surface area (Å²) in [6.07, 6.45) is -0.370. The fourth-order valence-corrected chi connectivity index (χ4v) is 0.254. The maximum atomic E-state index is 9.38. The Labute approximate surface area is 103 Å². The van der Waals surface area contributed by atoms with E-state index in [1.807, 2.05) is 0 Å². The van der Waals surface area contributed by atoms with Gasteiger partial charge in [0.2, 0.25) is 0 Å². The minimum absolute atomic E-state index is 0. The van der Waals surface area contributed by atoms with E-state index in [2.05, 4.69) is 22.6 Å². The quantitative estimate of drug-likeness (QED) is 0.335. The first kappa shape index (κ1) is 19.4. The fraction of sp³-hybridized carbons (Fsp3) is 0.250. The van der Waals surface area contributed by atoms with Crippen molar-refractivity contribution in [2.24, 2.45) is 0 Å². The molecule has 6 nitrogen and oxygen atoms in total. The molecule has 0 rings (SSSR count). The number of ether oxygens (including phenoxy) is 2. The summed E-state index contributed by atoms with van der Waals surface area (Å²) in [5.74, 6) is 0. The molecule has 0 spiro atoms. The third-order valence-electron chi connectivity index (χ3n) is 0.638. The topological polar surface area (TPSA) is 98.7 Å². The van der Waals surface area contributed by atoms with E-state index in [0.29, 0.717) is 0 Å². The SMILES string of the molecule is C=CCOC(=O)[O-].C=CCOC(=O)[O-].[Mg+2]. The summed E-state index contributed by atoms with van der Waals surface area (Å²) in [6, 6.07) is 0. The molecule has 0 unspecified atom stereocenters. The largest absolute Gasteiger partial charge is 2.00 e. The summed E-state index contributed by atoms with van der Waals surface area (Å²) in [7, 11) is 0. The Hall–Kier alpha value is -1.21. The van der Waals surface area contributed by atoms with Gasteiger partial charge in [0.1, 0.15) is 0 Å². The number of rotatable bonds is 4. The number of hydrogen-bond donors (Lipinski definition) is 0. The molecular formula is C8H10MgO6. The Morgan fingerprint density at radius 2 is 1.27 bits per heavy atom. The van der Waals surface area contributed by atoms with Crippen molar-refractivity contribution in [3.8, 4) is 0 Å². The molecule has 0 N–H and O–H groups in total. The molecule has 0 saturated heterocycles. The molecule has 0 atom stereocenters. The van der Waals surface area contributed by atoms with Crippen molar-refractivity contribution >= 4 is 35.4 Å². The van der Waals surface area contributed by atoms with Crippen LogP contribution in [0.4, 0.5) is 9.59 Å². The monoisotopic (exact) mass is 226 g/mol. The van der Waals surface area contributed by atoms with Gasteiger partial charge in [0.15, 0.2) is 0 Å². The molecule has 0 aromatic rings. The van der Waals surface area contributed by atoms with E-state index in [1.165, 1.54) is 12.2 Å². The summed E-state index contributed by atoms with van der Waals surface area (Å²) >= 11 is 0. The molecule has 0 saturated carbocycles. The molecule has 0 aliphatic carbocycles. The van der Waals surface area contributed by atoms with Gasteiger partial charge in [0.25, 0.3) is 12.3 Å². The first-order chi connectivity index (χ1) is 6.54. The number of hydrogen-bond acceptors (Lipinski definition) is 6. The van der Waals surface area contributed by atoms with E-state index in [1.54, 1.807) is 0 Å². The summed E-state index contributed by atoms with van der Waals surface area (Å²) in [6.45, 7) is 6.44. The van der Waals surface area contributed by atoms with Crippen molar-refractivity contribution in [3.05, 3.63) is 25.3 Å². The van der Waals surface area contributed by atoms with Gasteiger partial charge in [-0.25, -0.2) is 0 Å². The third kappa shape index (κ3) is 32.3. The molecule has 0 aliphatic rings. The summed E-state index contributed by atoms with van der Waals surface area (Å²) in [4.78, 5) is 18.8. The molecule has 0 heterocycles. The second kappa shape index (κ2) is 15.3. The van der Waals surface area contributed by atoms with Crippen molar-refractivity contribution in [1.29, 1.82) is 0 Å². The minimum atomic E-state index is -1.51. The van der Waals surface area contributed by atoms with Crippen LogP contribution in [0.5, 0.6) is 0 Å². The van der Waals surface area contributed by atoms with Crippen LogP contribution in [0.25, 0.3) is 0 Å². The molecule has 0 radical (unpaired) electrons. The Balaban J connectivity index is -0.000000180. The van der Waals surface area contributed by atoms with Crippen LogP contribution in [0.3, 0.4) is 0 Å². The molecule has 0 bridgehead atoms. The molecule has 0 aliphatic heterocycles. The molecule has 0 aromatic carbocycles. The van der Waals surface area contributed by atoms with Crippen LogP contribution in [0.1, 0.15) is 0 Å². The minimum Gasteiger partial charge on any atom is -0.546 e. The van der Waals surface area contributed by atoms with E-state index >= 15 is 0 Å². The smallest absolute Gasteiger partial charge is 0.546 e. The Morgan fingerprint density at radius 1 is 1.00 bits per heavy atom. The molecular weight excluding hydrogens is 216 g/mol. The molecule has 15 heavy (non-hydrogen) atoms. The maximum absolute atomic E-state index is 9.38. The second-order valence-corrected chi connectivity index (χ2v) is 1.70. The number of carboxylic acid groups (broad SMARTS) is 2. The standard InChI is InChI=1S/2C4H6O3.Mg/c2*1-2-3-7-4(5)6;/h2*2H,1,3H2,(H,5,6);/q;;+2/p-2. The van der Waals surface area contributed by atoms with E-state index in [4.69, 9.17) is 0 Å². The molecule has 0 aromatic heterocycles. The number of carbonyl (C=O) groups excluding carboxylic acids is 2. The Bertz CT molecular complexity index is 181. The molecule has 0 fully saturated rings. The van der Waals surface area contributed by atoms with Gasteiger partial charge in [-0.05, 0) is 0 Å². The molecule has 7 heteroatoms. The van der Waals surface area contributed by atoms with Gasteiger partial charge in [-0.3, -0.25) is 0 Å². The van der Waals surface area contributed by atoms with Crippen molar-refractivity contribution in [3.63, 3.8) is 0 Å². The van der Waals surface area contributed by atoms with E-state index < -0.39 is 12.3 Å². The normalized spacial score (nSPS) is 6.93. The number of carbonyl (C=O) groups is 2. The van der Waals surface area contributed by atoms with Crippen LogP contribution in [-0.2, 0) is 9.47 Å². The van der Waals surface area contributed by atoms with Gasteiger partial charge in [0.05, 0.1) is 0 Å². The van der Waals surface area contributed by atoms with Gasteiger partial charge in [0, 0.05) is 13.2 Å². The summed E-state index contributed by atoms with van der Waals surface area (Å²) in [5, 5.41) is 18.8. The second-order valence-electron chi connectivity index (χ2n) is 1.70. The zero-order valence-electron chi connectivity index (χ0n) is 8.14.